The summed E-state index contributed by atoms with van der Waals surface area (Å²) in [5.74, 6) is -0.894. The molecule has 2 atom stereocenters. The van der Waals surface area contributed by atoms with Crippen molar-refractivity contribution >= 4 is 66.7 Å². The second-order valence-electron chi connectivity index (χ2n) is 9.52. The van der Waals surface area contributed by atoms with E-state index in [-0.39, 0.29) is 40.6 Å². The lowest BCUT2D eigenvalue weighted by Gasteiger charge is -2.34. The summed E-state index contributed by atoms with van der Waals surface area (Å²) in [6.45, 7) is 3.35. The van der Waals surface area contributed by atoms with Crippen molar-refractivity contribution in [1.82, 2.24) is 10.2 Å². The molecule has 0 aliphatic heterocycles. The van der Waals surface area contributed by atoms with E-state index in [1.54, 1.807) is 6.07 Å². The molecule has 0 bridgehead atoms. The minimum atomic E-state index is -3.96. The summed E-state index contributed by atoms with van der Waals surface area (Å²) in [4.78, 5) is 29.2. The molecular weight excluding hydrogens is 637 g/mol. The molecule has 0 aliphatic carbocycles. The van der Waals surface area contributed by atoms with Gasteiger partial charge in [-0.2, -0.15) is 0 Å². The van der Waals surface area contributed by atoms with Gasteiger partial charge in [-0.05, 0) is 48.7 Å². The highest BCUT2D eigenvalue weighted by atomic mass is 79.9. The number of anilines is 1. The van der Waals surface area contributed by atoms with Crippen molar-refractivity contribution < 1.29 is 18.0 Å². The molecule has 1 N–H and O–H groups in total. The molecule has 2 amide bonds. The lowest BCUT2D eigenvalue weighted by molar-refractivity contribution is -0.140. The molecule has 0 saturated carbocycles. The maximum atomic E-state index is 14.1. The number of carbonyl (C=O) groups excluding carboxylic acids is 2. The fourth-order valence-electron chi connectivity index (χ4n) is 4.11. The number of amides is 2. The predicted molar refractivity (Wildman–Crippen MR) is 165 cm³/mol. The van der Waals surface area contributed by atoms with Crippen LogP contribution in [-0.4, -0.2) is 50.0 Å². The maximum absolute atomic E-state index is 14.1. The van der Waals surface area contributed by atoms with E-state index >= 15 is 0 Å². The van der Waals surface area contributed by atoms with Crippen LogP contribution in [0.2, 0.25) is 10.0 Å². The molecule has 11 heteroatoms. The van der Waals surface area contributed by atoms with Crippen LogP contribution in [0.4, 0.5) is 5.69 Å². The Labute approximate surface area is 254 Å². The molecule has 40 heavy (non-hydrogen) atoms. The highest BCUT2D eigenvalue weighted by molar-refractivity contribution is 9.10. The minimum Gasteiger partial charge on any atom is -0.352 e. The van der Waals surface area contributed by atoms with Crippen molar-refractivity contribution in [3.63, 3.8) is 0 Å². The van der Waals surface area contributed by atoms with Crippen molar-refractivity contribution in [3.05, 3.63) is 98.4 Å². The van der Waals surface area contributed by atoms with Gasteiger partial charge in [0.05, 0.1) is 22.0 Å². The average molecular weight is 669 g/mol. The van der Waals surface area contributed by atoms with Crippen molar-refractivity contribution in [3.8, 4) is 0 Å². The van der Waals surface area contributed by atoms with Crippen molar-refractivity contribution in [2.45, 2.75) is 45.3 Å². The summed E-state index contributed by atoms with van der Waals surface area (Å²) in [6.07, 6.45) is 1.94. The van der Waals surface area contributed by atoms with Gasteiger partial charge in [-0.15, -0.1) is 0 Å². The highest BCUT2D eigenvalue weighted by Crippen LogP contribution is 2.34. The van der Waals surface area contributed by atoms with Gasteiger partial charge in [0.2, 0.25) is 21.8 Å². The molecule has 214 valence electrons. The molecule has 3 aromatic rings. The fourth-order valence-corrected chi connectivity index (χ4v) is 5.86. The number of hydrogen-bond donors (Lipinski definition) is 1. The molecule has 2 unspecified atom stereocenters. The number of hydrogen-bond acceptors (Lipinski definition) is 4. The van der Waals surface area contributed by atoms with E-state index in [2.05, 4.69) is 21.2 Å². The molecule has 7 nitrogen and oxygen atoms in total. The number of halogens is 3. The van der Waals surface area contributed by atoms with Gasteiger partial charge in [0.1, 0.15) is 12.6 Å². The zero-order valence-electron chi connectivity index (χ0n) is 22.5. The Balaban J connectivity index is 2.09. The largest absolute Gasteiger partial charge is 0.352 e. The number of sulfonamides is 1. The van der Waals surface area contributed by atoms with Crippen molar-refractivity contribution in [2.75, 3.05) is 17.1 Å². The van der Waals surface area contributed by atoms with Gasteiger partial charge in [0.15, 0.2) is 0 Å². The van der Waals surface area contributed by atoms with Gasteiger partial charge in [-0.25, -0.2) is 8.42 Å². The van der Waals surface area contributed by atoms with E-state index in [1.807, 2.05) is 68.4 Å². The van der Waals surface area contributed by atoms with Gasteiger partial charge >= 0.3 is 0 Å². The second kappa shape index (κ2) is 14.3. The third kappa shape index (κ3) is 8.70. The summed E-state index contributed by atoms with van der Waals surface area (Å²) in [5, 5.41) is 3.17. The summed E-state index contributed by atoms with van der Waals surface area (Å²) in [6, 6.07) is 20.3. The van der Waals surface area contributed by atoms with Crippen LogP contribution < -0.4 is 9.62 Å². The minimum absolute atomic E-state index is 0.0104. The van der Waals surface area contributed by atoms with E-state index in [9.17, 15) is 18.0 Å². The molecule has 0 radical (unpaired) electrons. The van der Waals surface area contributed by atoms with Crippen LogP contribution in [-0.2, 0) is 32.6 Å². The topological polar surface area (TPSA) is 86.8 Å². The molecule has 3 aromatic carbocycles. The first-order valence-electron chi connectivity index (χ1n) is 12.7. The standard InChI is InChI=1S/C29H32BrCl2N3O4S/c1-4-20(2)33-29(37)26(17-21-10-6-5-7-11-21)34(18-22-12-8-13-23(30)16-22)27(36)19-35(40(3,38)39)25-15-9-14-24(31)28(25)32/h5-16,20,26H,4,17-19H2,1-3H3,(H,33,37). The van der Waals surface area contributed by atoms with Crippen molar-refractivity contribution in [1.29, 1.82) is 0 Å². The zero-order chi connectivity index (χ0) is 29.4. The second-order valence-corrected chi connectivity index (χ2v) is 13.1. The monoisotopic (exact) mass is 667 g/mol. The Morgan fingerprint density at radius 1 is 0.975 bits per heavy atom. The van der Waals surface area contributed by atoms with Crippen LogP contribution in [0.1, 0.15) is 31.4 Å². The van der Waals surface area contributed by atoms with Crippen LogP contribution in [0, 0.1) is 0 Å². The van der Waals surface area contributed by atoms with Gasteiger partial charge in [0, 0.05) is 23.5 Å². The van der Waals surface area contributed by atoms with Gasteiger partial charge in [-0.1, -0.05) is 94.6 Å². The van der Waals surface area contributed by atoms with E-state index in [1.165, 1.54) is 17.0 Å². The van der Waals surface area contributed by atoms with Crippen LogP contribution in [0.25, 0.3) is 0 Å². The Morgan fingerprint density at radius 3 is 2.25 bits per heavy atom. The Kier molecular flexibility index (Phi) is 11.5. The first-order valence-corrected chi connectivity index (χ1v) is 16.1. The summed E-state index contributed by atoms with van der Waals surface area (Å²) >= 11 is 16.0. The fraction of sp³-hybridized carbons (Fsp3) is 0.310. The van der Waals surface area contributed by atoms with Gasteiger partial charge in [0.25, 0.3) is 0 Å². The predicted octanol–water partition coefficient (Wildman–Crippen LogP) is 6.08. The number of nitrogens with zero attached hydrogens (tertiary/aromatic N) is 2. The number of benzene rings is 3. The number of carbonyl (C=O) groups is 2. The lowest BCUT2D eigenvalue weighted by Crippen LogP contribution is -2.54. The number of rotatable bonds is 12. The maximum Gasteiger partial charge on any atom is 0.244 e. The lowest BCUT2D eigenvalue weighted by atomic mass is 10.0. The molecule has 0 aliphatic rings. The molecule has 3 rings (SSSR count). The van der Waals surface area contributed by atoms with E-state index in [0.717, 1.165) is 26.2 Å². The molecular formula is C29H32BrCl2N3O4S. The molecule has 0 heterocycles. The van der Waals surface area contributed by atoms with Gasteiger partial charge in [-0.3, -0.25) is 13.9 Å². The van der Waals surface area contributed by atoms with Crippen molar-refractivity contribution in [2.24, 2.45) is 0 Å². The van der Waals surface area contributed by atoms with Gasteiger partial charge < -0.3 is 10.2 Å². The first-order chi connectivity index (χ1) is 18.9. The average Bonchev–Trinajstić information content (AvgIpc) is 2.90. The smallest absolute Gasteiger partial charge is 0.244 e. The SMILES string of the molecule is CCC(C)NC(=O)C(Cc1ccccc1)N(Cc1cccc(Br)c1)C(=O)CN(c1cccc(Cl)c1Cl)S(C)(=O)=O. The van der Waals surface area contributed by atoms with E-state index in [4.69, 9.17) is 23.2 Å². The van der Waals surface area contributed by atoms with Crippen LogP contribution >= 0.6 is 39.1 Å². The molecule has 0 aromatic heterocycles. The van der Waals surface area contributed by atoms with Crippen LogP contribution in [0.5, 0.6) is 0 Å². The molecule has 0 spiro atoms. The third-order valence-electron chi connectivity index (χ3n) is 6.39. The molecule has 0 saturated heterocycles. The normalized spacial score (nSPS) is 12.8. The summed E-state index contributed by atoms with van der Waals surface area (Å²) in [7, 11) is -3.96. The van der Waals surface area contributed by atoms with E-state index < -0.39 is 28.5 Å². The summed E-state index contributed by atoms with van der Waals surface area (Å²) in [5.41, 5.74) is 1.71. The van der Waals surface area contributed by atoms with E-state index in [0.29, 0.717) is 6.42 Å². The van der Waals surface area contributed by atoms with Crippen LogP contribution in [0.15, 0.2) is 77.3 Å². The Hall–Kier alpha value is -2.59. The zero-order valence-corrected chi connectivity index (χ0v) is 26.4. The Morgan fingerprint density at radius 2 is 1.62 bits per heavy atom. The quantitative estimate of drug-likeness (QED) is 0.254. The molecule has 0 fully saturated rings. The third-order valence-corrected chi connectivity index (χ3v) is 8.82. The highest BCUT2D eigenvalue weighted by Gasteiger charge is 2.34. The number of nitrogens with one attached hydrogen (secondary N) is 1. The first kappa shape index (κ1) is 31.9. The summed E-state index contributed by atoms with van der Waals surface area (Å²) < 4.78 is 27.5. The Bertz CT molecular complexity index is 1440. The van der Waals surface area contributed by atoms with Crippen LogP contribution in [0.3, 0.4) is 0 Å².